The van der Waals surface area contributed by atoms with Crippen molar-refractivity contribution < 1.29 is 14.7 Å². The molecule has 0 atom stereocenters. The second kappa shape index (κ2) is 12.2. The van der Waals surface area contributed by atoms with Gasteiger partial charge in [-0.3, -0.25) is 9.59 Å². The lowest BCUT2D eigenvalue weighted by Crippen LogP contribution is -2.46. The average molecular weight is 523 g/mol. The molecule has 2 aromatic carbocycles. The monoisotopic (exact) mass is 522 g/mol. The van der Waals surface area contributed by atoms with Gasteiger partial charge in [-0.2, -0.15) is 0 Å². The van der Waals surface area contributed by atoms with Gasteiger partial charge < -0.3 is 30.9 Å². The molecule has 2 amide bonds. The molecule has 10 heteroatoms. The zero-order valence-electron chi connectivity index (χ0n) is 21.5. The van der Waals surface area contributed by atoms with E-state index in [2.05, 4.69) is 43.7 Å². The van der Waals surface area contributed by atoms with Crippen molar-refractivity contribution in [2.75, 3.05) is 66.7 Å². The van der Waals surface area contributed by atoms with Crippen LogP contribution >= 0.6 is 11.3 Å². The van der Waals surface area contributed by atoms with Crippen LogP contribution in [0, 0.1) is 13.8 Å². The van der Waals surface area contributed by atoms with Gasteiger partial charge in [0.15, 0.2) is 5.13 Å². The fraction of sp³-hybridized carbons (Fsp3) is 0.370. The molecule has 3 aromatic rings. The number of aliphatic hydroxyl groups is 1. The Hall–Kier alpha value is -3.47. The molecule has 196 valence electrons. The van der Waals surface area contributed by atoms with Crippen molar-refractivity contribution in [3.05, 3.63) is 64.2 Å². The lowest BCUT2D eigenvalue weighted by molar-refractivity contribution is 0.102. The van der Waals surface area contributed by atoms with E-state index in [9.17, 15) is 9.59 Å². The highest BCUT2D eigenvalue weighted by Crippen LogP contribution is 2.25. The first-order valence-corrected chi connectivity index (χ1v) is 13.3. The predicted molar refractivity (Wildman–Crippen MR) is 150 cm³/mol. The van der Waals surface area contributed by atoms with E-state index in [0.29, 0.717) is 33.5 Å². The van der Waals surface area contributed by atoms with Crippen LogP contribution in [0.1, 0.15) is 38.1 Å². The van der Waals surface area contributed by atoms with Gasteiger partial charge in [0.1, 0.15) is 4.88 Å². The van der Waals surface area contributed by atoms with Crippen LogP contribution in [0.5, 0.6) is 0 Å². The molecular weight excluding hydrogens is 488 g/mol. The summed E-state index contributed by atoms with van der Waals surface area (Å²) in [5.41, 5.74) is 4.79. The maximum atomic E-state index is 13.2. The van der Waals surface area contributed by atoms with Gasteiger partial charge in [0.2, 0.25) is 0 Å². The Labute approximate surface area is 221 Å². The van der Waals surface area contributed by atoms with E-state index in [0.717, 1.165) is 49.5 Å². The van der Waals surface area contributed by atoms with Crippen molar-refractivity contribution in [1.82, 2.24) is 9.88 Å². The van der Waals surface area contributed by atoms with Crippen LogP contribution in [0.25, 0.3) is 0 Å². The van der Waals surface area contributed by atoms with Crippen molar-refractivity contribution in [2.24, 2.45) is 0 Å². The van der Waals surface area contributed by atoms with E-state index in [1.165, 1.54) is 17.5 Å². The van der Waals surface area contributed by atoms with Crippen LogP contribution in [-0.4, -0.2) is 72.7 Å². The molecule has 0 spiro atoms. The molecule has 9 nitrogen and oxygen atoms in total. The number of amides is 2. The second-order valence-corrected chi connectivity index (χ2v) is 10.1. The summed E-state index contributed by atoms with van der Waals surface area (Å²) in [7, 11) is 0. The first kappa shape index (κ1) is 26.6. The van der Waals surface area contributed by atoms with Gasteiger partial charge in [-0.15, -0.1) is 0 Å². The number of carbonyl (C=O) groups excluding carboxylic acids is 2. The molecule has 0 aliphatic carbocycles. The lowest BCUT2D eigenvalue weighted by Gasteiger charge is -2.35. The second-order valence-electron chi connectivity index (χ2n) is 9.10. The van der Waals surface area contributed by atoms with Gasteiger partial charge in [0.25, 0.3) is 11.8 Å². The summed E-state index contributed by atoms with van der Waals surface area (Å²) in [5.74, 6) is -0.479. The molecule has 1 saturated heterocycles. The molecule has 1 aliphatic heterocycles. The van der Waals surface area contributed by atoms with Crippen LogP contribution in [0.2, 0.25) is 0 Å². The summed E-state index contributed by atoms with van der Waals surface area (Å²) >= 11 is 1.21. The molecule has 4 rings (SSSR count). The smallest absolute Gasteiger partial charge is 0.267 e. The molecule has 0 unspecified atom stereocenters. The van der Waals surface area contributed by atoms with Crippen molar-refractivity contribution in [1.29, 1.82) is 0 Å². The fourth-order valence-corrected chi connectivity index (χ4v) is 4.98. The zero-order valence-corrected chi connectivity index (χ0v) is 22.3. The molecule has 0 radical (unpaired) electrons. The van der Waals surface area contributed by atoms with Gasteiger partial charge in [-0.1, -0.05) is 24.3 Å². The summed E-state index contributed by atoms with van der Waals surface area (Å²) < 4.78 is 0. The van der Waals surface area contributed by atoms with E-state index in [4.69, 9.17) is 5.11 Å². The third-order valence-electron chi connectivity index (χ3n) is 6.37. The largest absolute Gasteiger partial charge is 0.395 e. The number of aliphatic hydroxyl groups excluding tert-OH is 1. The van der Waals surface area contributed by atoms with Crippen LogP contribution in [0.4, 0.5) is 22.2 Å². The molecule has 0 saturated carbocycles. The summed E-state index contributed by atoms with van der Waals surface area (Å²) in [6.07, 6.45) is 1.50. The number of piperazine rings is 1. The van der Waals surface area contributed by atoms with Gasteiger partial charge in [-0.25, -0.2) is 4.98 Å². The standard InChI is InChI=1S/C27H34N6O3S/c1-4-32-8-10-33(11-9-32)22-14-18(2)13-20(15-22)25(35)30-21-6-5-19(3)23(16-21)31-26(36)24-17-29-27(37-24)28-7-12-34/h5-6,13-17,34H,4,7-12H2,1-3H3,(H,28,29)(H,30,35)(H,31,36). The molecule has 1 aliphatic rings. The molecular formula is C27H34N6O3S. The quantitative estimate of drug-likeness (QED) is 0.338. The Bertz CT molecular complexity index is 1250. The SMILES string of the molecule is CCN1CCN(c2cc(C)cc(C(=O)Nc3ccc(C)c(NC(=O)c4cnc(NCCO)s4)c3)c2)CC1. The van der Waals surface area contributed by atoms with Crippen molar-refractivity contribution in [3.63, 3.8) is 0 Å². The number of aryl methyl sites for hydroxylation is 2. The lowest BCUT2D eigenvalue weighted by atomic mass is 10.1. The topological polar surface area (TPSA) is 110 Å². The minimum Gasteiger partial charge on any atom is -0.395 e. The van der Waals surface area contributed by atoms with E-state index in [1.54, 1.807) is 6.07 Å². The molecule has 1 aromatic heterocycles. The predicted octanol–water partition coefficient (Wildman–Crippen LogP) is 3.81. The Morgan fingerprint density at radius 2 is 1.81 bits per heavy atom. The van der Waals surface area contributed by atoms with Crippen molar-refractivity contribution in [3.8, 4) is 0 Å². The molecule has 4 N–H and O–H groups in total. The first-order chi connectivity index (χ1) is 17.9. The number of carbonyl (C=O) groups is 2. The summed E-state index contributed by atoms with van der Waals surface area (Å²) in [5, 5.41) is 18.3. The summed E-state index contributed by atoms with van der Waals surface area (Å²) in [4.78, 5) is 35.3. The third kappa shape index (κ3) is 6.85. The maximum absolute atomic E-state index is 13.2. The van der Waals surface area contributed by atoms with Gasteiger partial charge in [0.05, 0.1) is 12.8 Å². The van der Waals surface area contributed by atoms with E-state index < -0.39 is 0 Å². The highest BCUT2D eigenvalue weighted by Gasteiger charge is 2.18. The number of benzene rings is 2. The molecule has 1 fully saturated rings. The Morgan fingerprint density at radius 3 is 2.54 bits per heavy atom. The van der Waals surface area contributed by atoms with E-state index in [-0.39, 0.29) is 18.4 Å². The molecule has 0 bridgehead atoms. The summed E-state index contributed by atoms with van der Waals surface area (Å²) in [6, 6.07) is 11.4. The number of nitrogens with zero attached hydrogens (tertiary/aromatic N) is 3. The Balaban J connectivity index is 1.44. The van der Waals surface area contributed by atoms with Crippen LogP contribution in [0.15, 0.2) is 42.6 Å². The number of rotatable bonds is 9. The van der Waals surface area contributed by atoms with Crippen molar-refractivity contribution >= 4 is 45.3 Å². The van der Waals surface area contributed by atoms with Gasteiger partial charge >= 0.3 is 0 Å². The highest BCUT2D eigenvalue weighted by molar-refractivity contribution is 7.17. The number of thiazole rings is 1. The minimum atomic E-state index is -0.285. The first-order valence-electron chi connectivity index (χ1n) is 12.5. The van der Waals surface area contributed by atoms with Gasteiger partial charge in [-0.05, 0) is 61.9 Å². The Kier molecular flexibility index (Phi) is 8.75. The van der Waals surface area contributed by atoms with Crippen LogP contribution in [-0.2, 0) is 0 Å². The maximum Gasteiger partial charge on any atom is 0.267 e. The number of anilines is 4. The van der Waals surface area contributed by atoms with Crippen molar-refractivity contribution in [2.45, 2.75) is 20.8 Å². The third-order valence-corrected chi connectivity index (χ3v) is 7.32. The van der Waals surface area contributed by atoms with E-state index in [1.807, 2.05) is 38.1 Å². The number of nitrogens with one attached hydrogen (secondary N) is 3. The minimum absolute atomic E-state index is 0.0152. The van der Waals surface area contributed by atoms with Crippen LogP contribution in [0.3, 0.4) is 0 Å². The highest BCUT2D eigenvalue weighted by atomic mass is 32.1. The molecule has 2 heterocycles. The van der Waals surface area contributed by atoms with Gasteiger partial charge in [0, 0.05) is 55.3 Å². The number of aromatic nitrogens is 1. The van der Waals surface area contributed by atoms with E-state index >= 15 is 0 Å². The number of likely N-dealkylation sites (N-methyl/N-ethyl adjacent to an activating group) is 1. The number of hydrogen-bond donors (Lipinski definition) is 4. The number of hydrogen-bond acceptors (Lipinski definition) is 8. The summed E-state index contributed by atoms with van der Waals surface area (Å²) in [6.45, 7) is 11.4. The zero-order chi connectivity index (χ0) is 26.4. The fourth-order valence-electron chi connectivity index (χ4n) is 4.24. The molecule has 37 heavy (non-hydrogen) atoms. The Morgan fingerprint density at radius 1 is 1.03 bits per heavy atom. The van der Waals surface area contributed by atoms with Crippen LogP contribution < -0.4 is 20.9 Å². The normalized spacial score (nSPS) is 13.9. The average Bonchev–Trinajstić information content (AvgIpc) is 3.38.